The van der Waals surface area contributed by atoms with Gasteiger partial charge in [-0.2, -0.15) is 13.2 Å². The van der Waals surface area contributed by atoms with E-state index in [1.165, 1.54) is 7.05 Å². The van der Waals surface area contributed by atoms with Crippen LogP contribution in [-0.2, 0) is 10.7 Å². The summed E-state index contributed by atoms with van der Waals surface area (Å²) in [5.41, 5.74) is 1.16. The maximum atomic E-state index is 12.0. The Morgan fingerprint density at radius 1 is 1.24 bits per heavy atom. The maximum absolute atomic E-state index is 12.0. The normalized spacial score (nSPS) is 11.1. The second-order valence-electron chi connectivity index (χ2n) is 4.38. The van der Waals surface area contributed by atoms with E-state index in [1.54, 1.807) is 29.6 Å². The average Bonchev–Trinajstić information content (AvgIpc) is 2.43. The molecule has 1 N–H and O–H groups in total. The predicted octanol–water partition coefficient (Wildman–Crippen LogP) is 2.18. The van der Waals surface area contributed by atoms with Crippen LogP contribution in [0, 0.1) is 0 Å². The van der Waals surface area contributed by atoms with E-state index in [4.69, 9.17) is 11.6 Å². The second-order valence-corrected chi connectivity index (χ2v) is 4.65. The fraction of sp³-hybridized carbons (Fsp3) is 0.385. The standard InChI is InChI=1S/C13H14ClF3N2O2/c1-19(7-11(20)18-8-13(15,16)17)12(21)10-4-2-9(6-14)3-5-10/h2-5H,6-8H2,1H3,(H,18,20). The van der Waals surface area contributed by atoms with Crippen LogP contribution in [0.5, 0.6) is 0 Å². The van der Waals surface area contributed by atoms with Gasteiger partial charge >= 0.3 is 6.18 Å². The molecule has 0 fully saturated rings. The lowest BCUT2D eigenvalue weighted by Crippen LogP contribution is -2.41. The van der Waals surface area contributed by atoms with Crippen LogP contribution in [0.2, 0.25) is 0 Å². The summed E-state index contributed by atoms with van der Waals surface area (Å²) < 4.78 is 35.8. The number of hydrogen-bond acceptors (Lipinski definition) is 2. The quantitative estimate of drug-likeness (QED) is 0.845. The molecule has 1 aromatic carbocycles. The van der Waals surface area contributed by atoms with E-state index in [0.29, 0.717) is 11.4 Å². The fourth-order valence-corrected chi connectivity index (χ4v) is 1.68. The molecular weight excluding hydrogens is 309 g/mol. The lowest BCUT2D eigenvalue weighted by molar-refractivity contribution is -0.138. The Bertz CT molecular complexity index is 503. The van der Waals surface area contributed by atoms with Gasteiger partial charge in [0, 0.05) is 18.5 Å². The highest BCUT2D eigenvalue weighted by atomic mass is 35.5. The lowest BCUT2D eigenvalue weighted by atomic mass is 10.1. The number of halogens is 4. The number of carbonyl (C=O) groups is 2. The Morgan fingerprint density at radius 2 is 1.81 bits per heavy atom. The Labute approximate surface area is 124 Å². The zero-order valence-electron chi connectivity index (χ0n) is 11.2. The summed E-state index contributed by atoms with van der Waals surface area (Å²) in [5, 5.41) is 1.70. The molecule has 0 aliphatic rings. The van der Waals surface area contributed by atoms with E-state index in [1.807, 2.05) is 0 Å². The predicted molar refractivity (Wildman–Crippen MR) is 72.0 cm³/mol. The van der Waals surface area contributed by atoms with Crippen molar-refractivity contribution < 1.29 is 22.8 Å². The van der Waals surface area contributed by atoms with Crippen LogP contribution in [0.3, 0.4) is 0 Å². The molecule has 8 heteroatoms. The van der Waals surface area contributed by atoms with Crippen LogP contribution in [0.25, 0.3) is 0 Å². The molecule has 0 heterocycles. The molecule has 0 spiro atoms. The van der Waals surface area contributed by atoms with Gasteiger partial charge in [-0.15, -0.1) is 11.6 Å². The third-order valence-electron chi connectivity index (χ3n) is 2.57. The van der Waals surface area contributed by atoms with Gasteiger partial charge in [-0.25, -0.2) is 0 Å². The van der Waals surface area contributed by atoms with Gasteiger partial charge in [0.15, 0.2) is 0 Å². The fourth-order valence-electron chi connectivity index (χ4n) is 1.50. The van der Waals surface area contributed by atoms with Crippen LogP contribution in [0.15, 0.2) is 24.3 Å². The summed E-state index contributed by atoms with van der Waals surface area (Å²) in [4.78, 5) is 24.3. The molecule has 4 nitrogen and oxygen atoms in total. The summed E-state index contributed by atoms with van der Waals surface area (Å²) in [6.07, 6.45) is -4.48. The topological polar surface area (TPSA) is 49.4 Å². The van der Waals surface area contributed by atoms with E-state index in [-0.39, 0.29) is 0 Å². The van der Waals surface area contributed by atoms with Gasteiger partial charge in [0.2, 0.25) is 5.91 Å². The number of benzene rings is 1. The molecule has 0 aromatic heterocycles. The largest absolute Gasteiger partial charge is 0.405 e. The van der Waals surface area contributed by atoms with Crippen molar-refractivity contribution in [2.24, 2.45) is 0 Å². The highest BCUT2D eigenvalue weighted by Crippen LogP contribution is 2.12. The first kappa shape index (κ1) is 17.3. The molecule has 1 rings (SSSR count). The molecule has 21 heavy (non-hydrogen) atoms. The zero-order chi connectivity index (χ0) is 16.0. The first-order chi connectivity index (χ1) is 9.73. The molecule has 2 amide bonds. The minimum atomic E-state index is -4.48. The third-order valence-corrected chi connectivity index (χ3v) is 2.88. The molecule has 1 aromatic rings. The smallest absolute Gasteiger partial charge is 0.345 e. The molecular formula is C13H14ClF3N2O2. The summed E-state index contributed by atoms with van der Waals surface area (Å²) in [6.45, 7) is -1.87. The van der Waals surface area contributed by atoms with Gasteiger partial charge in [-0.05, 0) is 17.7 Å². The summed E-state index contributed by atoms with van der Waals surface area (Å²) in [6, 6.07) is 6.42. The molecule has 0 radical (unpaired) electrons. The highest BCUT2D eigenvalue weighted by molar-refractivity contribution is 6.17. The number of nitrogens with one attached hydrogen (secondary N) is 1. The first-order valence-electron chi connectivity index (χ1n) is 5.97. The summed E-state index contributed by atoms with van der Waals surface area (Å²) >= 11 is 5.62. The molecule has 0 bridgehead atoms. The molecule has 116 valence electrons. The number of hydrogen-bond donors (Lipinski definition) is 1. The van der Waals surface area contributed by atoms with Crippen molar-refractivity contribution in [2.45, 2.75) is 12.1 Å². The van der Waals surface area contributed by atoms with E-state index >= 15 is 0 Å². The van der Waals surface area contributed by atoms with Crippen molar-refractivity contribution in [2.75, 3.05) is 20.1 Å². The van der Waals surface area contributed by atoms with Gasteiger partial charge in [0.25, 0.3) is 5.91 Å². The molecule has 0 saturated heterocycles. The van der Waals surface area contributed by atoms with Crippen molar-refractivity contribution in [1.29, 1.82) is 0 Å². The van der Waals surface area contributed by atoms with Crippen LogP contribution in [-0.4, -0.2) is 43.0 Å². The van der Waals surface area contributed by atoms with E-state index in [2.05, 4.69) is 0 Å². The van der Waals surface area contributed by atoms with Gasteiger partial charge in [0.05, 0.1) is 6.54 Å². The maximum Gasteiger partial charge on any atom is 0.405 e. The second kappa shape index (κ2) is 7.31. The third kappa shape index (κ3) is 6.03. The number of rotatable bonds is 5. The molecule has 0 saturated carbocycles. The number of alkyl halides is 4. The van der Waals surface area contributed by atoms with Crippen LogP contribution < -0.4 is 5.32 Å². The van der Waals surface area contributed by atoms with Gasteiger partial charge in [-0.1, -0.05) is 12.1 Å². The molecule has 0 atom stereocenters. The van der Waals surface area contributed by atoms with E-state index in [9.17, 15) is 22.8 Å². The van der Waals surface area contributed by atoms with Crippen molar-refractivity contribution in [3.05, 3.63) is 35.4 Å². The molecule has 0 aliphatic carbocycles. The summed E-state index contributed by atoms with van der Waals surface area (Å²) in [5.74, 6) is -1.02. The Kier molecular flexibility index (Phi) is 6.02. The zero-order valence-corrected chi connectivity index (χ0v) is 12.0. The average molecular weight is 323 g/mol. The number of carbonyl (C=O) groups excluding carboxylic acids is 2. The van der Waals surface area contributed by atoms with Crippen LogP contribution in [0.4, 0.5) is 13.2 Å². The van der Waals surface area contributed by atoms with Crippen molar-refractivity contribution in [3.63, 3.8) is 0 Å². The SMILES string of the molecule is CN(CC(=O)NCC(F)(F)F)C(=O)c1ccc(CCl)cc1. The number of amides is 2. The van der Waals surface area contributed by atoms with Crippen LogP contribution >= 0.6 is 11.6 Å². The highest BCUT2D eigenvalue weighted by Gasteiger charge is 2.28. The lowest BCUT2D eigenvalue weighted by Gasteiger charge is -2.17. The van der Waals surface area contributed by atoms with Gasteiger partial charge in [0.1, 0.15) is 6.54 Å². The Morgan fingerprint density at radius 3 is 2.29 bits per heavy atom. The minimum absolute atomic E-state index is 0.310. The van der Waals surface area contributed by atoms with Crippen molar-refractivity contribution in [3.8, 4) is 0 Å². The van der Waals surface area contributed by atoms with Crippen LogP contribution in [0.1, 0.15) is 15.9 Å². The Hall–Kier alpha value is -1.76. The molecule has 0 unspecified atom stereocenters. The van der Waals surface area contributed by atoms with Gasteiger partial charge < -0.3 is 10.2 Å². The van der Waals surface area contributed by atoms with Crippen molar-refractivity contribution >= 4 is 23.4 Å². The van der Waals surface area contributed by atoms with Crippen molar-refractivity contribution in [1.82, 2.24) is 10.2 Å². The monoisotopic (exact) mass is 322 g/mol. The molecule has 0 aliphatic heterocycles. The summed E-state index contributed by atoms with van der Waals surface area (Å²) in [7, 11) is 1.34. The number of likely N-dealkylation sites (N-methyl/N-ethyl adjacent to an activating group) is 1. The van der Waals surface area contributed by atoms with E-state index < -0.39 is 31.1 Å². The Balaban J connectivity index is 2.55. The first-order valence-corrected chi connectivity index (χ1v) is 6.50. The minimum Gasteiger partial charge on any atom is -0.345 e. The van der Waals surface area contributed by atoms with Gasteiger partial charge in [-0.3, -0.25) is 9.59 Å². The van der Waals surface area contributed by atoms with E-state index in [0.717, 1.165) is 10.5 Å². The number of nitrogens with zero attached hydrogens (tertiary/aromatic N) is 1.